The van der Waals surface area contributed by atoms with Gasteiger partial charge in [-0.2, -0.15) is 5.10 Å². The van der Waals surface area contributed by atoms with Gasteiger partial charge in [-0.25, -0.2) is 14.6 Å². The van der Waals surface area contributed by atoms with Crippen molar-refractivity contribution in [1.29, 1.82) is 0 Å². The Morgan fingerprint density at radius 2 is 1.79 bits per heavy atom. The molecule has 4 aromatic rings. The first-order valence-electron chi connectivity index (χ1n) is 9.84. The zero-order valence-corrected chi connectivity index (χ0v) is 16.6. The topological polar surface area (TPSA) is 76.1 Å². The van der Waals surface area contributed by atoms with E-state index < -0.39 is 0 Å². The smallest absolute Gasteiger partial charge is 0.168 e. The van der Waals surface area contributed by atoms with Gasteiger partial charge in [-0.3, -0.25) is 4.90 Å². The molecule has 0 radical (unpaired) electrons. The van der Waals surface area contributed by atoms with Crippen molar-refractivity contribution in [3.8, 4) is 5.69 Å². The second-order valence-electron chi connectivity index (χ2n) is 7.39. The van der Waals surface area contributed by atoms with Gasteiger partial charge in [-0.15, -0.1) is 0 Å². The molecule has 1 saturated heterocycles. The van der Waals surface area contributed by atoms with E-state index in [4.69, 9.17) is 4.52 Å². The van der Waals surface area contributed by atoms with E-state index in [-0.39, 0.29) is 0 Å². The molecule has 0 spiro atoms. The lowest BCUT2D eigenvalue weighted by Crippen LogP contribution is -2.46. The van der Waals surface area contributed by atoms with Crippen LogP contribution in [0.4, 0.5) is 5.82 Å². The Morgan fingerprint density at radius 3 is 2.52 bits per heavy atom. The van der Waals surface area contributed by atoms with Crippen molar-refractivity contribution in [2.45, 2.75) is 20.4 Å². The average molecular weight is 389 g/mol. The molecule has 0 amide bonds. The standard InChI is InChI=1S/C21H23N7O/c1-15-19(16(2)29-25-15)13-26-8-10-27(11-9-26)20-18-12-24-28(21(18)23-14-22-20)17-6-4-3-5-7-17/h3-7,12,14H,8-11,13H2,1-2H3. The number of aryl methyl sites for hydroxylation is 2. The van der Waals surface area contributed by atoms with Crippen molar-refractivity contribution >= 4 is 16.9 Å². The van der Waals surface area contributed by atoms with Gasteiger partial charge in [0.1, 0.15) is 17.9 Å². The number of benzene rings is 1. The molecule has 0 unspecified atom stereocenters. The summed E-state index contributed by atoms with van der Waals surface area (Å²) in [7, 11) is 0. The van der Waals surface area contributed by atoms with Crippen molar-refractivity contribution in [1.82, 2.24) is 29.8 Å². The van der Waals surface area contributed by atoms with Crippen LogP contribution in [0.15, 0.2) is 47.4 Å². The first-order valence-corrected chi connectivity index (χ1v) is 9.84. The number of rotatable bonds is 4. The number of piperazine rings is 1. The van der Waals surface area contributed by atoms with E-state index >= 15 is 0 Å². The van der Waals surface area contributed by atoms with Gasteiger partial charge in [0.15, 0.2) is 5.65 Å². The summed E-state index contributed by atoms with van der Waals surface area (Å²) in [4.78, 5) is 13.8. The van der Waals surface area contributed by atoms with Crippen molar-refractivity contribution in [2.24, 2.45) is 0 Å². The summed E-state index contributed by atoms with van der Waals surface area (Å²) < 4.78 is 7.17. The molecule has 0 N–H and O–H groups in total. The van der Waals surface area contributed by atoms with Crippen molar-refractivity contribution in [2.75, 3.05) is 31.1 Å². The Labute approximate surface area is 168 Å². The maximum absolute atomic E-state index is 5.30. The molecule has 3 aromatic heterocycles. The normalized spacial score (nSPS) is 15.3. The van der Waals surface area contributed by atoms with E-state index in [2.05, 4.69) is 30.0 Å². The van der Waals surface area contributed by atoms with Crippen molar-refractivity contribution in [3.05, 3.63) is 59.9 Å². The van der Waals surface area contributed by atoms with Crippen LogP contribution in [0, 0.1) is 13.8 Å². The number of fused-ring (bicyclic) bond motifs is 1. The van der Waals surface area contributed by atoms with E-state index in [0.29, 0.717) is 0 Å². The third kappa shape index (κ3) is 3.25. The molecule has 0 saturated carbocycles. The first-order chi connectivity index (χ1) is 14.2. The maximum Gasteiger partial charge on any atom is 0.168 e. The Kier molecular flexibility index (Phi) is 4.48. The predicted molar refractivity (Wildman–Crippen MR) is 110 cm³/mol. The number of hydrogen-bond acceptors (Lipinski definition) is 7. The van der Waals surface area contributed by atoms with E-state index in [1.807, 2.05) is 55.1 Å². The summed E-state index contributed by atoms with van der Waals surface area (Å²) in [6.45, 7) is 8.60. The molecule has 148 valence electrons. The van der Waals surface area contributed by atoms with Gasteiger partial charge < -0.3 is 9.42 Å². The second kappa shape index (κ2) is 7.29. The molecule has 1 aliphatic rings. The van der Waals surface area contributed by atoms with Crippen molar-refractivity contribution < 1.29 is 4.52 Å². The molecule has 0 bridgehead atoms. The highest BCUT2D eigenvalue weighted by Gasteiger charge is 2.23. The zero-order chi connectivity index (χ0) is 19.8. The Morgan fingerprint density at radius 1 is 1.00 bits per heavy atom. The lowest BCUT2D eigenvalue weighted by atomic mass is 10.1. The number of nitrogens with zero attached hydrogens (tertiary/aromatic N) is 7. The van der Waals surface area contributed by atoms with Gasteiger partial charge in [-0.1, -0.05) is 23.4 Å². The average Bonchev–Trinajstić information content (AvgIpc) is 3.33. The zero-order valence-electron chi connectivity index (χ0n) is 16.6. The van der Waals surface area contributed by atoms with E-state index in [9.17, 15) is 0 Å². The van der Waals surface area contributed by atoms with E-state index in [1.165, 1.54) is 5.56 Å². The Bertz CT molecular complexity index is 1110. The molecule has 1 aliphatic heterocycles. The Balaban J connectivity index is 1.35. The van der Waals surface area contributed by atoms with Crippen LogP contribution in [-0.2, 0) is 6.54 Å². The van der Waals surface area contributed by atoms with E-state index in [1.54, 1.807) is 6.33 Å². The molecular formula is C21H23N7O. The van der Waals surface area contributed by atoms with Crippen LogP contribution in [0.2, 0.25) is 0 Å². The number of hydrogen-bond donors (Lipinski definition) is 0. The van der Waals surface area contributed by atoms with Gasteiger partial charge in [0, 0.05) is 38.3 Å². The van der Waals surface area contributed by atoms with Crippen LogP contribution in [0.3, 0.4) is 0 Å². The number of anilines is 1. The SMILES string of the molecule is Cc1noc(C)c1CN1CCN(c2ncnc3c2cnn3-c2ccccc2)CC1. The minimum atomic E-state index is 0.833. The maximum atomic E-state index is 5.30. The Hall–Kier alpha value is -3.26. The van der Waals surface area contributed by atoms with Crippen LogP contribution >= 0.6 is 0 Å². The monoisotopic (exact) mass is 389 g/mol. The molecule has 0 aliphatic carbocycles. The highest BCUT2D eigenvalue weighted by molar-refractivity contribution is 5.87. The molecule has 1 aromatic carbocycles. The molecule has 8 nitrogen and oxygen atoms in total. The minimum Gasteiger partial charge on any atom is -0.361 e. The van der Waals surface area contributed by atoms with Crippen molar-refractivity contribution in [3.63, 3.8) is 0 Å². The molecule has 29 heavy (non-hydrogen) atoms. The molecule has 0 atom stereocenters. The van der Waals surface area contributed by atoms with Crippen LogP contribution in [0.5, 0.6) is 0 Å². The minimum absolute atomic E-state index is 0.833. The fourth-order valence-corrected chi connectivity index (χ4v) is 3.91. The van der Waals surface area contributed by atoms with Crippen LogP contribution in [0.1, 0.15) is 17.0 Å². The van der Waals surface area contributed by atoms with Gasteiger partial charge in [0.25, 0.3) is 0 Å². The molecule has 1 fully saturated rings. The van der Waals surface area contributed by atoms with Gasteiger partial charge in [-0.05, 0) is 26.0 Å². The summed E-state index contributed by atoms with van der Waals surface area (Å²) in [5, 5.41) is 9.61. The van der Waals surface area contributed by atoms with Gasteiger partial charge in [0.05, 0.1) is 23.0 Å². The lowest BCUT2D eigenvalue weighted by molar-refractivity contribution is 0.247. The number of aromatic nitrogens is 5. The highest BCUT2D eigenvalue weighted by Crippen LogP contribution is 2.26. The van der Waals surface area contributed by atoms with Crippen LogP contribution < -0.4 is 4.90 Å². The fourth-order valence-electron chi connectivity index (χ4n) is 3.91. The third-order valence-electron chi connectivity index (χ3n) is 5.58. The van der Waals surface area contributed by atoms with Gasteiger partial charge >= 0.3 is 0 Å². The summed E-state index contributed by atoms with van der Waals surface area (Å²) in [6.07, 6.45) is 3.50. The summed E-state index contributed by atoms with van der Waals surface area (Å²) in [5.74, 6) is 1.87. The van der Waals surface area contributed by atoms with Crippen LogP contribution in [-0.4, -0.2) is 56.0 Å². The summed E-state index contributed by atoms with van der Waals surface area (Å²) >= 11 is 0. The van der Waals surface area contributed by atoms with Crippen LogP contribution in [0.25, 0.3) is 16.7 Å². The van der Waals surface area contributed by atoms with E-state index in [0.717, 1.165) is 66.7 Å². The summed E-state index contributed by atoms with van der Waals surface area (Å²) in [6, 6.07) is 10.1. The number of para-hydroxylation sites is 1. The first kappa shape index (κ1) is 17.8. The fraction of sp³-hybridized carbons (Fsp3) is 0.333. The largest absolute Gasteiger partial charge is 0.361 e. The molecule has 4 heterocycles. The molecular weight excluding hydrogens is 366 g/mol. The highest BCUT2D eigenvalue weighted by atomic mass is 16.5. The lowest BCUT2D eigenvalue weighted by Gasteiger charge is -2.35. The molecule has 8 heteroatoms. The van der Waals surface area contributed by atoms with Gasteiger partial charge in [0.2, 0.25) is 0 Å². The second-order valence-corrected chi connectivity index (χ2v) is 7.39. The molecule has 5 rings (SSSR count). The summed E-state index contributed by atoms with van der Waals surface area (Å²) in [5.41, 5.74) is 4.01. The predicted octanol–water partition coefficient (Wildman–Crippen LogP) is 2.74. The third-order valence-corrected chi connectivity index (χ3v) is 5.58. The quantitative estimate of drug-likeness (QED) is 0.531.